The van der Waals surface area contributed by atoms with E-state index < -0.39 is 0 Å². The second kappa shape index (κ2) is 21.0. The summed E-state index contributed by atoms with van der Waals surface area (Å²) in [7, 11) is 0. The summed E-state index contributed by atoms with van der Waals surface area (Å²) < 4.78 is 2.72. The topological polar surface area (TPSA) is 40.6 Å². The fraction of sp³-hybridized carbons (Fsp3) is 0.623. The Hall–Kier alpha value is -2.52. The summed E-state index contributed by atoms with van der Waals surface area (Å²) in [5, 5.41) is 0. The lowest BCUT2D eigenvalue weighted by molar-refractivity contribution is -0.125. The highest BCUT2D eigenvalue weighted by Gasteiger charge is 2.52. The second-order valence-corrected chi connectivity index (χ2v) is 23.7. The molecule has 0 saturated heterocycles. The zero-order chi connectivity index (χ0) is 44.1. The average molecular weight is 901 g/mol. The Labute approximate surface area is 385 Å². The van der Waals surface area contributed by atoms with Crippen molar-refractivity contribution in [2.75, 3.05) is 13.1 Å². The van der Waals surface area contributed by atoms with Crippen molar-refractivity contribution in [2.45, 2.75) is 184 Å². The van der Waals surface area contributed by atoms with Crippen LogP contribution in [0.1, 0.15) is 187 Å². The number of thiophene rings is 4. The van der Waals surface area contributed by atoms with Crippen LogP contribution >= 0.6 is 45.3 Å². The van der Waals surface area contributed by atoms with Crippen LogP contribution in [0.5, 0.6) is 0 Å². The fourth-order valence-corrected chi connectivity index (χ4v) is 15.0. The lowest BCUT2D eigenvalue weighted by Crippen LogP contribution is -2.39. The van der Waals surface area contributed by atoms with E-state index in [-0.39, 0.29) is 28.6 Å². The molecule has 334 valence electrons. The summed E-state index contributed by atoms with van der Waals surface area (Å²) in [6.07, 6.45) is 19.0. The molecule has 0 radical (unpaired) electrons. The Morgan fingerprint density at radius 3 is 1.90 bits per heavy atom. The van der Waals surface area contributed by atoms with Gasteiger partial charge in [0.2, 0.25) is 0 Å². The van der Waals surface area contributed by atoms with Crippen LogP contribution in [0.15, 0.2) is 47.2 Å². The van der Waals surface area contributed by atoms with Gasteiger partial charge in [0, 0.05) is 63.4 Å². The Balaban J connectivity index is 1.35. The maximum absolute atomic E-state index is 15.1. The van der Waals surface area contributed by atoms with E-state index in [4.69, 9.17) is 0 Å². The van der Waals surface area contributed by atoms with Gasteiger partial charge in [0.05, 0.1) is 21.7 Å². The minimum Gasteiger partial charge on any atom is -0.310 e. The van der Waals surface area contributed by atoms with Crippen molar-refractivity contribution in [3.63, 3.8) is 0 Å². The van der Waals surface area contributed by atoms with Gasteiger partial charge in [-0.1, -0.05) is 140 Å². The van der Waals surface area contributed by atoms with E-state index in [1.165, 1.54) is 110 Å². The first-order valence-corrected chi connectivity index (χ1v) is 27.4. The molecule has 0 saturated carbocycles. The molecule has 0 fully saturated rings. The Morgan fingerprint density at radius 2 is 1.25 bits per heavy atom. The lowest BCUT2D eigenvalue weighted by Gasteiger charge is -2.37. The number of rotatable bonds is 25. The maximum atomic E-state index is 15.1. The van der Waals surface area contributed by atoms with E-state index in [0.717, 1.165) is 48.4 Å². The van der Waals surface area contributed by atoms with Crippen molar-refractivity contribution >= 4 is 72.3 Å². The number of fused-ring (bicyclic) bond motifs is 2. The molecular weight excluding hydrogens is 825 g/mol. The number of nitrogens with zero attached hydrogens (tertiary/aromatic N) is 2. The Kier molecular flexibility index (Phi) is 16.5. The summed E-state index contributed by atoms with van der Waals surface area (Å²) in [6.45, 7) is 26.4. The maximum Gasteiger partial charge on any atom is 0.261 e. The summed E-state index contributed by atoms with van der Waals surface area (Å²) in [6, 6.07) is 11.6. The van der Waals surface area contributed by atoms with Gasteiger partial charge in [-0.15, -0.1) is 45.3 Å². The monoisotopic (exact) mass is 900 g/mol. The number of amides is 2. The van der Waals surface area contributed by atoms with Crippen molar-refractivity contribution < 1.29 is 9.59 Å². The van der Waals surface area contributed by atoms with Crippen LogP contribution in [0.2, 0.25) is 0 Å². The predicted octanol–water partition coefficient (Wildman–Crippen LogP) is 17.3. The third-order valence-corrected chi connectivity index (χ3v) is 19.2. The molecule has 2 aliphatic heterocycles. The summed E-state index contributed by atoms with van der Waals surface area (Å²) >= 11 is 7.57. The third kappa shape index (κ3) is 10.1. The lowest BCUT2D eigenvalue weighted by atomic mass is 9.77. The van der Waals surface area contributed by atoms with E-state index >= 15 is 4.79 Å². The van der Waals surface area contributed by atoms with E-state index in [1.54, 1.807) is 11.3 Å². The summed E-state index contributed by atoms with van der Waals surface area (Å²) in [5.74, 6) is 0.690. The molecule has 0 bridgehead atoms. The van der Waals surface area contributed by atoms with E-state index in [0.29, 0.717) is 30.2 Å². The van der Waals surface area contributed by atoms with Gasteiger partial charge in [0.25, 0.3) is 11.8 Å². The first kappa shape index (κ1) is 47.9. The van der Waals surface area contributed by atoms with Gasteiger partial charge in [-0.05, 0) is 86.8 Å². The molecule has 4 aromatic heterocycles. The molecule has 61 heavy (non-hydrogen) atoms. The molecule has 2 aliphatic rings. The van der Waals surface area contributed by atoms with Crippen molar-refractivity contribution in [1.82, 2.24) is 9.80 Å². The predicted molar refractivity (Wildman–Crippen MR) is 270 cm³/mol. The molecule has 8 heteroatoms. The number of allylic oxidation sites excluding steroid dienone is 1. The van der Waals surface area contributed by atoms with Crippen molar-refractivity contribution in [3.05, 3.63) is 62.5 Å². The number of unbranched alkanes of at least 4 members (excludes halogenated alkanes) is 7. The average Bonchev–Trinajstić information content (AvgIpc) is 4.10. The molecular formula is C53H76N2O2S4. The van der Waals surface area contributed by atoms with Gasteiger partial charge >= 0.3 is 0 Å². The van der Waals surface area contributed by atoms with Crippen molar-refractivity contribution in [2.24, 2.45) is 17.3 Å². The standard InChI is InChI=1S/C53H76N2O2S4/c1-12-17-20-21-22-23-24-36(8)34-55-49(52(10,16-5)30-18-13-2)45-44(50(55)56)46(54(51(45)57)33-35(6)7)39-26-25-38(58-39)41-32-42-48(60-41)37(9)47(61-42)40-27-28-43(59-40)53(11,29-15-4)31-19-14-3/h25-28,32,35-36H,12-24,29-31,33-34H2,1-11H3. The highest BCUT2D eigenvalue weighted by Crippen LogP contribution is 2.54. The first-order valence-electron chi connectivity index (χ1n) is 24.1. The number of carbonyl (C=O) groups is 2. The van der Waals surface area contributed by atoms with Crippen molar-refractivity contribution in [3.8, 4) is 19.5 Å². The molecule has 4 aromatic rings. The van der Waals surface area contributed by atoms with Crippen molar-refractivity contribution in [1.29, 1.82) is 0 Å². The van der Waals surface area contributed by atoms with Crippen LogP contribution in [0.4, 0.5) is 0 Å². The Morgan fingerprint density at radius 1 is 0.607 bits per heavy atom. The van der Waals surface area contributed by atoms with Gasteiger partial charge in [0.1, 0.15) is 0 Å². The number of hydrogen-bond donors (Lipinski definition) is 0. The SMILES string of the molecule is CCCCCCCCC(C)CN1C(=O)C2=C(c3ccc(-c4cc5sc(-c6ccc(C(C)(CCC)CCCC)s6)c(C)c5s4)s3)N(CC(C)C)C(=O)C2=C1C(C)(CC)CCCC. The number of aryl methyl sites for hydroxylation is 1. The summed E-state index contributed by atoms with van der Waals surface area (Å²) in [4.78, 5) is 42.0. The van der Waals surface area contributed by atoms with E-state index in [1.807, 2.05) is 38.9 Å². The normalized spacial score (nSPS) is 17.2. The zero-order valence-electron chi connectivity index (χ0n) is 39.6. The van der Waals surface area contributed by atoms with Gasteiger partial charge < -0.3 is 9.80 Å². The molecule has 0 N–H and O–H groups in total. The van der Waals surface area contributed by atoms with E-state index in [2.05, 4.69) is 111 Å². The minimum atomic E-state index is -0.258. The molecule has 0 aromatic carbocycles. The highest BCUT2D eigenvalue weighted by molar-refractivity contribution is 7.33. The molecule has 3 atom stereocenters. The molecule has 0 spiro atoms. The largest absolute Gasteiger partial charge is 0.310 e. The molecule has 3 unspecified atom stereocenters. The smallest absolute Gasteiger partial charge is 0.261 e. The summed E-state index contributed by atoms with van der Waals surface area (Å²) in [5.41, 5.74) is 4.57. The highest BCUT2D eigenvalue weighted by atomic mass is 32.1. The molecule has 6 rings (SSSR count). The molecule has 0 aliphatic carbocycles. The first-order chi connectivity index (χ1) is 29.2. The van der Waals surface area contributed by atoms with Gasteiger partial charge in [-0.25, -0.2) is 0 Å². The van der Waals surface area contributed by atoms with Gasteiger partial charge in [0.15, 0.2) is 0 Å². The number of carbonyl (C=O) groups excluding carboxylic acids is 2. The van der Waals surface area contributed by atoms with Crippen LogP contribution in [0, 0.1) is 24.2 Å². The zero-order valence-corrected chi connectivity index (χ0v) is 42.9. The molecule has 6 heterocycles. The van der Waals surface area contributed by atoms with Crippen LogP contribution in [-0.2, 0) is 15.0 Å². The van der Waals surface area contributed by atoms with Crippen LogP contribution in [0.25, 0.3) is 34.6 Å². The van der Waals surface area contributed by atoms with Gasteiger partial charge in [-0.2, -0.15) is 0 Å². The van der Waals surface area contributed by atoms with Gasteiger partial charge in [-0.3, -0.25) is 9.59 Å². The van der Waals surface area contributed by atoms with Crippen LogP contribution in [-0.4, -0.2) is 34.7 Å². The van der Waals surface area contributed by atoms with Crippen LogP contribution in [0.3, 0.4) is 0 Å². The van der Waals surface area contributed by atoms with Crippen LogP contribution < -0.4 is 0 Å². The fourth-order valence-electron chi connectivity index (χ4n) is 9.93. The number of hydrogen-bond acceptors (Lipinski definition) is 6. The second-order valence-electron chi connectivity index (χ2n) is 19.5. The quantitative estimate of drug-likeness (QED) is 0.0622. The molecule has 4 nitrogen and oxygen atoms in total. The minimum absolute atomic E-state index is 0.0242. The molecule has 2 amide bonds. The van der Waals surface area contributed by atoms with E-state index in [9.17, 15) is 4.79 Å². The Bertz CT molecular complexity index is 2190. The third-order valence-electron chi connectivity index (χ3n) is 13.7.